The van der Waals surface area contributed by atoms with Crippen LogP contribution in [0, 0.1) is 11.3 Å². The van der Waals surface area contributed by atoms with E-state index in [9.17, 15) is 4.79 Å². The summed E-state index contributed by atoms with van der Waals surface area (Å²) in [5, 5.41) is 11.9. The summed E-state index contributed by atoms with van der Waals surface area (Å²) in [6.07, 6.45) is 8.44. The molecular formula is C28H38N4O2. The van der Waals surface area contributed by atoms with Gasteiger partial charge in [-0.1, -0.05) is 19.3 Å². The first-order chi connectivity index (χ1) is 16.4. The third kappa shape index (κ3) is 5.98. The number of nitrogens with one attached hydrogen (secondary N) is 2. The molecule has 1 atom stereocenters. The van der Waals surface area contributed by atoms with E-state index in [0.29, 0.717) is 28.4 Å². The van der Waals surface area contributed by atoms with Crippen LogP contribution in [-0.4, -0.2) is 48.8 Å². The number of carbonyl (C=O) groups is 1. The van der Waals surface area contributed by atoms with E-state index in [1.165, 1.54) is 32.1 Å². The summed E-state index contributed by atoms with van der Waals surface area (Å²) >= 11 is 0. The molecule has 1 amide bonds. The fourth-order valence-electron chi connectivity index (χ4n) is 5.11. The van der Waals surface area contributed by atoms with Gasteiger partial charge in [-0.15, -0.1) is 0 Å². The molecule has 4 rings (SSSR count). The minimum atomic E-state index is -0.103. The first-order valence-corrected chi connectivity index (χ1v) is 12.7. The molecule has 0 aromatic heterocycles. The number of nitrogens with two attached hydrogens (primary N) is 1. The first-order valence-electron chi connectivity index (χ1n) is 12.7. The van der Waals surface area contributed by atoms with Crippen molar-refractivity contribution < 1.29 is 9.53 Å². The molecule has 1 aliphatic carbocycles. The van der Waals surface area contributed by atoms with Crippen molar-refractivity contribution in [3.63, 3.8) is 0 Å². The Kier molecular flexibility index (Phi) is 7.88. The average molecular weight is 463 g/mol. The van der Waals surface area contributed by atoms with Crippen LogP contribution >= 0.6 is 0 Å². The number of amides is 1. The lowest BCUT2D eigenvalue weighted by molar-refractivity contribution is 0.0919. The number of ether oxygens (including phenoxy) is 1. The Hall–Kier alpha value is -2.86. The maximum atomic E-state index is 12.9. The quantitative estimate of drug-likeness (QED) is 0.405. The summed E-state index contributed by atoms with van der Waals surface area (Å²) in [4.78, 5) is 15.3. The second-order valence-electron chi connectivity index (χ2n) is 9.98. The Morgan fingerprint density at radius 1 is 1.03 bits per heavy atom. The number of likely N-dealkylation sites (tertiary alicyclic amines) is 1. The highest BCUT2D eigenvalue weighted by molar-refractivity contribution is 6.14. The third-order valence-corrected chi connectivity index (χ3v) is 7.41. The number of anilines is 1. The number of hydrogen-bond donors (Lipinski definition) is 3. The van der Waals surface area contributed by atoms with E-state index in [2.05, 4.69) is 24.2 Å². The molecule has 34 heavy (non-hydrogen) atoms. The highest BCUT2D eigenvalue weighted by atomic mass is 16.5. The lowest BCUT2D eigenvalue weighted by atomic mass is 9.84. The standard InChI is InChI=1S/C28H38N4O2/c1-19(20-6-4-3-5-7-20)31-28(33)22-10-13-26(29)25(18-22)27(30)21-8-11-23(12-9-21)34-24-14-16-32(2)17-15-24/h8-13,18-20,24,30H,3-7,14-17,29H2,1-2H3,(H,31,33)/t19-/m0/s1. The van der Waals surface area contributed by atoms with Crippen molar-refractivity contribution in [2.24, 2.45) is 5.92 Å². The van der Waals surface area contributed by atoms with Gasteiger partial charge in [0.25, 0.3) is 5.91 Å². The molecule has 2 fully saturated rings. The van der Waals surface area contributed by atoms with Crippen molar-refractivity contribution in [3.05, 3.63) is 59.2 Å². The predicted octanol–water partition coefficient (Wildman–Crippen LogP) is 4.86. The van der Waals surface area contributed by atoms with Crippen LogP contribution in [0.2, 0.25) is 0 Å². The van der Waals surface area contributed by atoms with Gasteiger partial charge < -0.3 is 20.7 Å². The van der Waals surface area contributed by atoms with Crippen LogP contribution in [0.3, 0.4) is 0 Å². The van der Waals surface area contributed by atoms with E-state index in [1.807, 2.05) is 24.3 Å². The van der Waals surface area contributed by atoms with E-state index in [-0.39, 0.29) is 18.1 Å². The number of benzene rings is 2. The van der Waals surface area contributed by atoms with E-state index in [0.717, 1.165) is 37.2 Å². The average Bonchev–Trinajstić information content (AvgIpc) is 2.86. The van der Waals surface area contributed by atoms with E-state index in [1.54, 1.807) is 18.2 Å². The lowest BCUT2D eigenvalue weighted by Crippen LogP contribution is -2.38. The third-order valence-electron chi connectivity index (χ3n) is 7.41. The maximum absolute atomic E-state index is 12.9. The molecule has 1 saturated heterocycles. The number of piperidine rings is 1. The number of rotatable bonds is 7. The predicted molar refractivity (Wildman–Crippen MR) is 138 cm³/mol. The fraction of sp³-hybridized carbons (Fsp3) is 0.500. The smallest absolute Gasteiger partial charge is 0.251 e. The van der Waals surface area contributed by atoms with Gasteiger partial charge in [0.05, 0.1) is 5.71 Å². The molecule has 0 bridgehead atoms. The van der Waals surface area contributed by atoms with Gasteiger partial charge in [0.1, 0.15) is 11.9 Å². The molecule has 0 spiro atoms. The van der Waals surface area contributed by atoms with E-state index in [4.69, 9.17) is 15.9 Å². The Morgan fingerprint density at radius 3 is 2.35 bits per heavy atom. The number of carbonyl (C=O) groups excluding carboxylic acids is 1. The van der Waals surface area contributed by atoms with Gasteiger partial charge in [-0.3, -0.25) is 10.2 Å². The van der Waals surface area contributed by atoms with Crippen molar-refractivity contribution in [1.29, 1.82) is 5.41 Å². The normalized spacial score (nSPS) is 18.9. The van der Waals surface area contributed by atoms with Gasteiger partial charge in [0, 0.05) is 41.5 Å². The molecular weight excluding hydrogens is 424 g/mol. The van der Waals surface area contributed by atoms with Crippen LogP contribution in [0.1, 0.15) is 73.4 Å². The molecule has 0 unspecified atom stereocenters. The molecule has 1 aliphatic heterocycles. The second-order valence-corrected chi connectivity index (χ2v) is 9.98. The molecule has 2 aliphatic rings. The van der Waals surface area contributed by atoms with Gasteiger partial charge in [0.15, 0.2) is 0 Å². The van der Waals surface area contributed by atoms with Crippen LogP contribution in [0.25, 0.3) is 0 Å². The fourth-order valence-corrected chi connectivity index (χ4v) is 5.11. The van der Waals surface area contributed by atoms with E-state index < -0.39 is 0 Å². The van der Waals surface area contributed by atoms with Gasteiger partial charge in [-0.2, -0.15) is 0 Å². The number of nitrogens with zero attached hydrogens (tertiary/aromatic N) is 1. The Labute approximate surface area is 203 Å². The van der Waals surface area contributed by atoms with Crippen molar-refractivity contribution in [2.75, 3.05) is 25.9 Å². The van der Waals surface area contributed by atoms with Crippen molar-refractivity contribution in [3.8, 4) is 5.75 Å². The molecule has 0 radical (unpaired) electrons. The highest BCUT2D eigenvalue weighted by Gasteiger charge is 2.23. The monoisotopic (exact) mass is 462 g/mol. The minimum absolute atomic E-state index is 0.103. The van der Waals surface area contributed by atoms with E-state index >= 15 is 0 Å². The number of nitrogen functional groups attached to an aromatic ring is 1. The van der Waals surface area contributed by atoms with Crippen LogP contribution in [0.15, 0.2) is 42.5 Å². The second kappa shape index (κ2) is 11.0. The van der Waals surface area contributed by atoms with Crippen LogP contribution in [0.4, 0.5) is 5.69 Å². The van der Waals surface area contributed by atoms with Gasteiger partial charge in [0.2, 0.25) is 0 Å². The Bertz CT molecular complexity index is 990. The van der Waals surface area contributed by atoms with Gasteiger partial charge in [-0.25, -0.2) is 0 Å². The van der Waals surface area contributed by atoms with Gasteiger partial charge >= 0.3 is 0 Å². The van der Waals surface area contributed by atoms with Crippen LogP contribution < -0.4 is 15.8 Å². The zero-order valence-electron chi connectivity index (χ0n) is 20.5. The molecule has 4 N–H and O–H groups in total. The minimum Gasteiger partial charge on any atom is -0.490 e. The largest absolute Gasteiger partial charge is 0.490 e. The Morgan fingerprint density at radius 2 is 1.68 bits per heavy atom. The molecule has 182 valence electrons. The molecule has 1 heterocycles. The van der Waals surface area contributed by atoms with Gasteiger partial charge in [-0.05, 0) is 88.0 Å². The summed E-state index contributed by atoms with van der Waals surface area (Å²) in [6.45, 7) is 4.20. The summed E-state index contributed by atoms with van der Waals surface area (Å²) in [5.74, 6) is 1.26. The summed E-state index contributed by atoms with van der Waals surface area (Å²) in [5.41, 5.74) is 8.87. The summed E-state index contributed by atoms with van der Waals surface area (Å²) < 4.78 is 6.13. The number of hydrogen-bond acceptors (Lipinski definition) is 5. The molecule has 6 heteroatoms. The zero-order valence-corrected chi connectivity index (χ0v) is 20.5. The molecule has 1 saturated carbocycles. The first kappa shape index (κ1) is 24.3. The van der Waals surface area contributed by atoms with Crippen LogP contribution in [0.5, 0.6) is 5.75 Å². The van der Waals surface area contributed by atoms with Crippen molar-refractivity contribution >= 4 is 17.3 Å². The van der Waals surface area contributed by atoms with Crippen molar-refractivity contribution in [1.82, 2.24) is 10.2 Å². The van der Waals surface area contributed by atoms with Crippen molar-refractivity contribution in [2.45, 2.75) is 64.0 Å². The lowest BCUT2D eigenvalue weighted by Gasteiger charge is -2.29. The molecule has 2 aromatic rings. The maximum Gasteiger partial charge on any atom is 0.251 e. The Balaban J connectivity index is 1.41. The van der Waals surface area contributed by atoms with Crippen LogP contribution in [-0.2, 0) is 0 Å². The topological polar surface area (TPSA) is 91.4 Å². The molecule has 6 nitrogen and oxygen atoms in total. The summed E-state index contributed by atoms with van der Waals surface area (Å²) in [7, 11) is 2.14. The highest BCUT2D eigenvalue weighted by Crippen LogP contribution is 2.27. The zero-order chi connectivity index (χ0) is 24.1. The SMILES string of the molecule is C[C@H](NC(=O)c1ccc(N)c(C(=N)c2ccc(OC3CCN(C)CC3)cc2)c1)C1CCCCC1. The summed E-state index contributed by atoms with van der Waals surface area (Å²) in [6, 6.07) is 13.0. The molecule has 2 aromatic carbocycles.